The lowest BCUT2D eigenvalue weighted by Crippen LogP contribution is -2.19. The van der Waals surface area contributed by atoms with Crippen molar-refractivity contribution in [2.45, 2.75) is 19.4 Å². The van der Waals surface area contributed by atoms with Crippen LogP contribution in [0, 0.1) is 21.0 Å². The highest BCUT2D eigenvalue weighted by atomic mass is 127. The molecule has 0 saturated carbocycles. The third-order valence-corrected chi connectivity index (χ3v) is 4.27. The number of carbonyl (C=O) groups excluding carboxylic acids is 1. The summed E-state index contributed by atoms with van der Waals surface area (Å²) in [6.07, 6.45) is -0.260. The van der Waals surface area contributed by atoms with Gasteiger partial charge in [-0.2, -0.15) is 0 Å². The van der Waals surface area contributed by atoms with Crippen molar-refractivity contribution < 1.29 is 27.8 Å². The number of Topliss-reactive ketones (excluding diaryl/α,β-unsaturated/α-hetero) is 1. The molecule has 0 fully saturated rings. The number of hydrogen-bond donors (Lipinski definition) is 2. The molecule has 1 atom stereocenters. The molecule has 0 aliphatic carbocycles. The average molecular weight is 479 g/mol. The van der Waals surface area contributed by atoms with Gasteiger partial charge < -0.3 is 15.2 Å². The highest BCUT2D eigenvalue weighted by Crippen LogP contribution is 2.29. The lowest BCUT2D eigenvalue weighted by atomic mass is 10.1. The van der Waals surface area contributed by atoms with Gasteiger partial charge in [0.25, 0.3) is 0 Å². The molecule has 0 aliphatic rings. The van der Waals surface area contributed by atoms with Gasteiger partial charge in [0, 0.05) is 9.13 Å². The number of rotatable bonds is 8. The molecule has 2 aromatic rings. The maximum absolute atomic E-state index is 14.2. The van der Waals surface area contributed by atoms with Crippen LogP contribution < -0.4 is 5.32 Å². The minimum atomic E-state index is -1.29. The lowest BCUT2D eigenvalue weighted by molar-refractivity contribution is 0.0341. The number of aliphatic hydroxyl groups is 1. The van der Waals surface area contributed by atoms with E-state index in [0.29, 0.717) is 9.99 Å². The number of aliphatic hydroxyl groups excluding tert-OH is 1. The largest absolute Gasteiger partial charge is 0.391 e. The zero-order valence-corrected chi connectivity index (χ0v) is 16.0. The van der Waals surface area contributed by atoms with Crippen molar-refractivity contribution in [3.63, 3.8) is 0 Å². The van der Waals surface area contributed by atoms with Gasteiger partial charge in [-0.05, 0) is 59.3 Å². The van der Waals surface area contributed by atoms with Gasteiger partial charge in [0.05, 0.1) is 24.1 Å². The van der Waals surface area contributed by atoms with Gasteiger partial charge in [0.15, 0.2) is 17.4 Å². The predicted octanol–water partition coefficient (Wildman–Crippen LogP) is 4.42. The quantitative estimate of drug-likeness (QED) is 0.435. The highest BCUT2D eigenvalue weighted by Gasteiger charge is 2.20. The Bertz CT molecular complexity index is 801. The molecule has 0 radical (unpaired) electrons. The first-order chi connectivity index (χ1) is 12.3. The van der Waals surface area contributed by atoms with Crippen molar-refractivity contribution in [1.82, 2.24) is 0 Å². The third kappa shape index (κ3) is 5.18. The minimum Gasteiger partial charge on any atom is -0.391 e. The second kappa shape index (κ2) is 9.33. The molecule has 4 nitrogen and oxygen atoms in total. The van der Waals surface area contributed by atoms with E-state index in [1.54, 1.807) is 13.0 Å². The van der Waals surface area contributed by atoms with Crippen LogP contribution in [0.2, 0.25) is 0 Å². The lowest BCUT2D eigenvalue weighted by Gasteiger charge is -2.14. The van der Waals surface area contributed by atoms with E-state index in [2.05, 4.69) is 5.32 Å². The Hall–Kier alpha value is -1.65. The van der Waals surface area contributed by atoms with E-state index < -0.39 is 41.6 Å². The summed E-state index contributed by atoms with van der Waals surface area (Å²) in [7, 11) is 0. The van der Waals surface area contributed by atoms with Crippen molar-refractivity contribution in [1.29, 1.82) is 0 Å². The zero-order valence-electron chi connectivity index (χ0n) is 13.9. The van der Waals surface area contributed by atoms with E-state index in [1.807, 2.05) is 22.6 Å². The molecule has 2 rings (SSSR count). The molecule has 0 amide bonds. The van der Waals surface area contributed by atoms with Gasteiger partial charge >= 0.3 is 0 Å². The summed E-state index contributed by atoms with van der Waals surface area (Å²) in [5, 5.41) is 11.9. The summed E-state index contributed by atoms with van der Waals surface area (Å²) in [6.45, 7) is 1.27. The average Bonchev–Trinajstić information content (AvgIpc) is 2.60. The van der Waals surface area contributed by atoms with E-state index in [4.69, 9.17) is 4.74 Å². The molecule has 0 bridgehead atoms. The Labute approximate surface area is 162 Å². The SMILES string of the molecule is CC[C@@H](O)COCC(=O)c1ccc(F)c(F)c1Nc1ccc(I)cc1F. The molecule has 2 N–H and O–H groups in total. The van der Waals surface area contributed by atoms with Crippen LogP contribution in [0.1, 0.15) is 23.7 Å². The molecule has 0 aromatic heterocycles. The number of ketones is 1. The number of nitrogens with one attached hydrogen (secondary N) is 1. The Balaban J connectivity index is 2.27. The van der Waals surface area contributed by atoms with E-state index in [0.717, 1.165) is 12.1 Å². The molecule has 0 spiro atoms. The van der Waals surface area contributed by atoms with Crippen LogP contribution in [-0.2, 0) is 4.74 Å². The van der Waals surface area contributed by atoms with Gasteiger partial charge in [0.2, 0.25) is 0 Å². The molecule has 0 aliphatic heterocycles. The van der Waals surface area contributed by atoms with Crippen LogP contribution >= 0.6 is 22.6 Å². The van der Waals surface area contributed by atoms with Gasteiger partial charge in [-0.25, -0.2) is 13.2 Å². The Morgan fingerprint density at radius 3 is 2.62 bits per heavy atom. The summed E-state index contributed by atoms with van der Waals surface area (Å²) in [5.41, 5.74) is -0.728. The Morgan fingerprint density at radius 1 is 1.23 bits per heavy atom. The number of anilines is 2. The molecule has 0 unspecified atom stereocenters. The molecular weight excluding hydrogens is 462 g/mol. The first kappa shape index (κ1) is 20.7. The van der Waals surface area contributed by atoms with Gasteiger partial charge in [0.1, 0.15) is 12.4 Å². The van der Waals surface area contributed by atoms with Gasteiger partial charge in [-0.3, -0.25) is 4.79 Å². The summed E-state index contributed by atoms with van der Waals surface area (Å²) < 4.78 is 47.6. The molecule has 0 heterocycles. The first-order valence-corrected chi connectivity index (χ1v) is 8.90. The van der Waals surface area contributed by atoms with Crippen LogP contribution in [0.4, 0.5) is 24.5 Å². The van der Waals surface area contributed by atoms with E-state index in [9.17, 15) is 23.1 Å². The van der Waals surface area contributed by atoms with Crippen molar-refractivity contribution in [3.05, 3.63) is 56.9 Å². The highest BCUT2D eigenvalue weighted by molar-refractivity contribution is 14.1. The van der Waals surface area contributed by atoms with Crippen molar-refractivity contribution >= 4 is 39.7 Å². The number of halogens is 4. The van der Waals surface area contributed by atoms with Crippen LogP contribution in [0.5, 0.6) is 0 Å². The molecular formula is C18H17F3INO3. The Morgan fingerprint density at radius 2 is 1.96 bits per heavy atom. The number of hydrogen-bond acceptors (Lipinski definition) is 4. The van der Waals surface area contributed by atoms with Crippen LogP contribution in [0.3, 0.4) is 0 Å². The van der Waals surface area contributed by atoms with E-state index >= 15 is 0 Å². The summed E-state index contributed by atoms with van der Waals surface area (Å²) in [6, 6.07) is 6.09. The standard InChI is InChI=1S/C18H17F3INO3/c1-2-11(24)8-26-9-16(25)12-4-5-13(19)17(21)18(12)23-15-6-3-10(22)7-14(15)20/h3-7,11,23-24H,2,8-9H2,1H3/t11-/m1/s1. The van der Waals surface area contributed by atoms with Gasteiger partial charge in [-0.1, -0.05) is 6.92 Å². The predicted molar refractivity (Wildman–Crippen MR) is 100 cm³/mol. The maximum Gasteiger partial charge on any atom is 0.190 e. The molecule has 8 heteroatoms. The van der Waals surface area contributed by atoms with Crippen molar-refractivity contribution in [2.24, 2.45) is 0 Å². The number of benzene rings is 2. The molecule has 0 saturated heterocycles. The van der Waals surface area contributed by atoms with Gasteiger partial charge in [-0.15, -0.1) is 0 Å². The fraction of sp³-hybridized carbons (Fsp3) is 0.278. The monoisotopic (exact) mass is 479 g/mol. The van der Waals surface area contributed by atoms with Crippen LogP contribution in [0.15, 0.2) is 30.3 Å². The second-order valence-corrected chi connectivity index (χ2v) is 6.78. The number of ether oxygens (including phenoxy) is 1. The third-order valence-electron chi connectivity index (χ3n) is 3.60. The summed E-state index contributed by atoms with van der Waals surface area (Å²) in [4.78, 5) is 12.3. The smallest absolute Gasteiger partial charge is 0.190 e. The van der Waals surface area contributed by atoms with Crippen molar-refractivity contribution in [2.75, 3.05) is 18.5 Å². The minimum absolute atomic E-state index is 0.0551. The van der Waals surface area contributed by atoms with Crippen LogP contribution in [-0.4, -0.2) is 30.2 Å². The fourth-order valence-corrected chi connectivity index (χ4v) is 2.57. The molecule has 2 aromatic carbocycles. The fourth-order valence-electron chi connectivity index (χ4n) is 2.11. The second-order valence-electron chi connectivity index (χ2n) is 5.53. The van der Waals surface area contributed by atoms with Crippen LogP contribution in [0.25, 0.3) is 0 Å². The topological polar surface area (TPSA) is 58.6 Å². The number of carbonyl (C=O) groups is 1. The molecule has 26 heavy (non-hydrogen) atoms. The maximum atomic E-state index is 14.2. The normalized spacial score (nSPS) is 12.1. The first-order valence-electron chi connectivity index (χ1n) is 7.82. The summed E-state index contributed by atoms with van der Waals surface area (Å²) in [5.74, 6) is -3.75. The Kier molecular flexibility index (Phi) is 7.42. The zero-order chi connectivity index (χ0) is 19.3. The van der Waals surface area contributed by atoms with E-state index in [-0.39, 0.29) is 17.9 Å². The van der Waals surface area contributed by atoms with E-state index in [1.165, 1.54) is 12.1 Å². The summed E-state index contributed by atoms with van der Waals surface area (Å²) >= 11 is 1.91. The molecule has 140 valence electrons. The van der Waals surface area contributed by atoms with Crippen molar-refractivity contribution in [3.8, 4) is 0 Å².